The Balaban J connectivity index is 2.18. The fraction of sp³-hybridized carbons (Fsp3) is 0.263. The molecule has 1 aliphatic heterocycles. The maximum atomic E-state index is 13.5. The summed E-state index contributed by atoms with van der Waals surface area (Å²) in [7, 11) is -3.37. The van der Waals surface area contributed by atoms with E-state index in [1.54, 1.807) is 0 Å². The highest BCUT2D eigenvalue weighted by Gasteiger charge is 2.36. The van der Waals surface area contributed by atoms with Crippen molar-refractivity contribution in [3.05, 3.63) is 64.2 Å². The molecule has 2 aromatic rings. The molecule has 0 saturated heterocycles. The highest BCUT2D eigenvalue weighted by atomic mass is 35.5. The zero-order valence-corrected chi connectivity index (χ0v) is 16.8. The normalized spacial score (nSPS) is 15.0. The van der Waals surface area contributed by atoms with E-state index >= 15 is 0 Å². The fourth-order valence-electron chi connectivity index (χ4n) is 3.05. The zero-order valence-electron chi connectivity index (χ0n) is 15.2. The molecule has 0 N–H and O–H groups in total. The van der Waals surface area contributed by atoms with E-state index in [9.17, 15) is 26.4 Å². The molecule has 0 bridgehead atoms. The van der Waals surface area contributed by atoms with E-state index < -0.39 is 34.0 Å². The van der Waals surface area contributed by atoms with Crippen LogP contribution in [0.4, 0.5) is 18.9 Å². The van der Waals surface area contributed by atoms with Gasteiger partial charge < -0.3 is 4.90 Å². The number of fused-ring (bicyclic) bond motifs is 1. The van der Waals surface area contributed by atoms with Crippen LogP contribution < -0.4 is 4.90 Å². The minimum Gasteiger partial charge on any atom is -0.309 e. The standard InChI is InChI=1S/C19H16ClF3N2O3S/c1-29(27,28)9-8-25-16-7-6-12(20)10-14(16)18(24-11-17(25)26)13-4-2-3-5-15(13)19(21,22)23/h2-7,10H,8-9,11H2,1H3. The third kappa shape index (κ3) is 4.79. The number of halogens is 4. The van der Waals surface area contributed by atoms with Gasteiger partial charge in [-0.05, 0) is 24.3 Å². The van der Waals surface area contributed by atoms with Crippen molar-refractivity contribution in [1.82, 2.24) is 0 Å². The van der Waals surface area contributed by atoms with Gasteiger partial charge in [0, 0.05) is 29.0 Å². The summed E-state index contributed by atoms with van der Waals surface area (Å²) in [6, 6.07) is 9.33. The first-order valence-corrected chi connectivity index (χ1v) is 10.9. The largest absolute Gasteiger partial charge is 0.417 e. The van der Waals surface area contributed by atoms with Gasteiger partial charge in [-0.3, -0.25) is 9.79 Å². The molecule has 0 fully saturated rings. The molecule has 154 valence electrons. The van der Waals surface area contributed by atoms with Crippen LogP contribution in [0.5, 0.6) is 0 Å². The van der Waals surface area contributed by atoms with Gasteiger partial charge in [0.05, 0.1) is 22.7 Å². The van der Waals surface area contributed by atoms with Crippen molar-refractivity contribution in [3.8, 4) is 0 Å². The highest BCUT2D eigenvalue weighted by molar-refractivity contribution is 7.90. The summed E-state index contributed by atoms with van der Waals surface area (Å²) < 4.78 is 63.7. The van der Waals surface area contributed by atoms with Crippen molar-refractivity contribution in [1.29, 1.82) is 0 Å². The number of benzene rings is 2. The maximum Gasteiger partial charge on any atom is 0.417 e. The summed E-state index contributed by atoms with van der Waals surface area (Å²) in [6.45, 7) is -0.562. The number of aliphatic imine (C=N–C) groups is 1. The lowest BCUT2D eigenvalue weighted by Gasteiger charge is -2.23. The Morgan fingerprint density at radius 2 is 1.83 bits per heavy atom. The topological polar surface area (TPSA) is 66.8 Å². The molecule has 0 unspecified atom stereocenters. The maximum absolute atomic E-state index is 13.5. The van der Waals surface area contributed by atoms with E-state index in [0.29, 0.717) is 0 Å². The quantitative estimate of drug-likeness (QED) is 0.723. The monoisotopic (exact) mass is 444 g/mol. The molecule has 0 spiro atoms. The Kier molecular flexibility index (Phi) is 5.73. The molecule has 0 radical (unpaired) electrons. The van der Waals surface area contributed by atoms with E-state index in [1.165, 1.54) is 41.3 Å². The molecule has 5 nitrogen and oxygen atoms in total. The van der Waals surface area contributed by atoms with Gasteiger partial charge in [-0.25, -0.2) is 8.42 Å². The molecule has 1 heterocycles. The van der Waals surface area contributed by atoms with E-state index in [2.05, 4.69) is 4.99 Å². The van der Waals surface area contributed by atoms with Crippen LogP contribution in [-0.2, 0) is 20.8 Å². The zero-order chi connectivity index (χ0) is 21.4. The minimum atomic E-state index is -4.62. The summed E-state index contributed by atoms with van der Waals surface area (Å²) in [4.78, 5) is 18.0. The molecule has 1 amide bonds. The predicted molar refractivity (Wildman–Crippen MR) is 105 cm³/mol. The molecule has 29 heavy (non-hydrogen) atoms. The molecule has 0 aliphatic carbocycles. The molecule has 0 atom stereocenters. The van der Waals surface area contributed by atoms with Crippen molar-refractivity contribution in [3.63, 3.8) is 0 Å². The molecule has 2 aromatic carbocycles. The number of carbonyl (C=O) groups excluding carboxylic acids is 1. The lowest BCUT2D eigenvalue weighted by molar-refractivity contribution is -0.137. The molecule has 1 aliphatic rings. The lowest BCUT2D eigenvalue weighted by atomic mass is 9.95. The van der Waals surface area contributed by atoms with Crippen LogP contribution in [0.15, 0.2) is 47.5 Å². The Labute approximate surface area is 170 Å². The van der Waals surface area contributed by atoms with Crippen LogP contribution >= 0.6 is 11.6 Å². The number of hydrogen-bond acceptors (Lipinski definition) is 4. The van der Waals surface area contributed by atoms with Gasteiger partial charge >= 0.3 is 6.18 Å². The second kappa shape index (κ2) is 7.79. The third-order valence-corrected chi connectivity index (χ3v) is 5.51. The fourth-order valence-corrected chi connectivity index (χ4v) is 3.74. The van der Waals surface area contributed by atoms with Crippen LogP contribution in [0, 0.1) is 0 Å². The Bertz CT molecular complexity index is 1100. The smallest absolute Gasteiger partial charge is 0.309 e. The third-order valence-electron chi connectivity index (χ3n) is 4.35. The Hall–Kier alpha value is -2.39. The second-order valence-electron chi connectivity index (χ2n) is 6.54. The van der Waals surface area contributed by atoms with Gasteiger partial charge in [0.25, 0.3) is 0 Å². The number of rotatable bonds is 4. The predicted octanol–water partition coefficient (Wildman–Crippen LogP) is 3.59. The summed E-state index contributed by atoms with van der Waals surface area (Å²) in [5.41, 5.74) is -0.599. The van der Waals surface area contributed by atoms with Gasteiger partial charge in [0.1, 0.15) is 16.4 Å². The number of anilines is 1. The van der Waals surface area contributed by atoms with Gasteiger partial charge in [-0.15, -0.1) is 0 Å². The first kappa shape index (κ1) is 21.3. The van der Waals surface area contributed by atoms with Gasteiger partial charge in [0.2, 0.25) is 5.91 Å². The second-order valence-corrected chi connectivity index (χ2v) is 9.24. The van der Waals surface area contributed by atoms with Crippen LogP contribution in [0.2, 0.25) is 5.02 Å². The summed E-state index contributed by atoms with van der Waals surface area (Å²) in [5, 5.41) is 0.248. The number of nitrogens with zero attached hydrogens (tertiary/aromatic N) is 2. The Morgan fingerprint density at radius 1 is 1.14 bits per heavy atom. The molecule has 3 rings (SSSR count). The number of hydrogen-bond donors (Lipinski definition) is 0. The van der Waals surface area contributed by atoms with Crippen molar-refractivity contribution in [2.24, 2.45) is 4.99 Å². The van der Waals surface area contributed by atoms with E-state index in [1.807, 2.05) is 0 Å². The number of benzodiazepines with no additional fused rings is 1. The Morgan fingerprint density at radius 3 is 2.48 bits per heavy atom. The van der Waals surface area contributed by atoms with Crippen molar-refractivity contribution >= 4 is 38.7 Å². The number of alkyl halides is 3. The van der Waals surface area contributed by atoms with Gasteiger partial charge in [-0.1, -0.05) is 29.8 Å². The SMILES string of the molecule is CS(=O)(=O)CCN1C(=O)CN=C(c2ccccc2C(F)(F)F)c2cc(Cl)ccc21. The summed E-state index contributed by atoms with van der Waals surface area (Å²) in [5.74, 6) is -0.813. The van der Waals surface area contributed by atoms with Crippen LogP contribution in [-0.4, -0.2) is 45.1 Å². The first-order valence-electron chi connectivity index (χ1n) is 8.46. The van der Waals surface area contributed by atoms with Crippen LogP contribution in [0.3, 0.4) is 0 Å². The molecule has 0 saturated carbocycles. The molecular weight excluding hydrogens is 429 g/mol. The van der Waals surface area contributed by atoms with Crippen molar-refractivity contribution < 1.29 is 26.4 Å². The number of amides is 1. The number of carbonyl (C=O) groups is 1. The van der Waals surface area contributed by atoms with Crippen molar-refractivity contribution in [2.45, 2.75) is 6.18 Å². The lowest BCUT2D eigenvalue weighted by Crippen LogP contribution is -2.36. The van der Waals surface area contributed by atoms with Gasteiger partial charge in [-0.2, -0.15) is 13.2 Å². The van der Waals surface area contributed by atoms with Gasteiger partial charge in [0.15, 0.2) is 0 Å². The molecule has 0 aromatic heterocycles. The van der Waals surface area contributed by atoms with Crippen LogP contribution in [0.25, 0.3) is 0 Å². The van der Waals surface area contributed by atoms with E-state index in [4.69, 9.17) is 11.6 Å². The molecular formula is C19H16ClF3N2O3S. The van der Waals surface area contributed by atoms with E-state index in [0.717, 1.165) is 12.3 Å². The highest BCUT2D eigenvalue weighted by Crippen LogP contribution is 2.36. The first-order chi connectivity index (χ1) is 13.5. The molecule has 10 heteroatoms. The van der Waals surface area contributed by atoms with Crippen molar-refractivity contribution in [2.75, 3.05) is 30.0 Å². The average molecular weight is 445 g/mol. The minimum absolute atomic E-state index is 0.0226. The summed E-state index contributed by atoms with van der Waals surface area (Å²) >= 11 is 6.07. The summed E-state index contributed by atoms with van der Waals surface area (Å²) in [6.07, 6.45) is -3.58. The number of sulfone groups is 1. The van der Waals surface area contributed by atoms with Crippen LogP contribution in [0.1, 0.15) is 16.7 Å². The van der Waals surface area contributed by atoms with E-state index in [-0.39, 0.29) is 39.8 Å². The average Bonchev–Trinajstić information content (AvgIpc) is 2.74.